The zero-order chi connectivity index (χ0) is 14.2. The number of carboxylic acid groups (broad SMARTS) is 1. The highest BCUT2D eigenvalue weighted by Gasteiger charge is 2.19. The summed E-state index contributed by atoms with van der Waals surface area (Å²) in [4.78, 5) is 22.8. The number of furan rings is 1. The zero-order valence-corrected chi connectivity index (χ0v) is 11.0. The van der Waals surface area contributed by atoms with Crippen molar-refractivity contribution in [2.45, 2.75) is 20.8 Å². The lowest BCUT2D eigenvalue weighted by molar-refractivity contribution is -0.118. The summed E-state index contributed by atoms with van der Waals surface area (Å²) in [5.74, 6) is -1.48. The number of rotatable bonds is 3. The quantitative estimate of drug-likeness (QED) is 0.890. The van der Waals surface area contributed by atoms with Crippen molar-refractivity contribution in [3.05, 3.63) is 29.5 Å². The Morgan fingerprint density at radius 3 is 2.58 bits per heavy atom. The van der Waals surface area contributed by atoms with E-state index in [0.29, 0.717) is 22.2 Å². The van der Waals surface area contributed by atoms with E-state index in [0.717, 1.165) is 0 Å². The van der Waals surface area contributed by atoms with Crippen molar-refractivity contribution in [3.8, 4) is 0 Å². The van der Waals surface area contributed by atoms with E-state index in [-0.39, 0.29) is 17.6 Å². The summed E-state index contributed by atoms with van der Waals surface area (Å²) < 4.78 is 5.29. The van der Waals surface area contributed by atoms with Crippen LogP contribution in [0.4, 0.5) is 5.69 Å². The van der Waals surface area contributed by atoms with E-state index < -0.39 is 5.97 Å². The van der Waals surface area contributed by atoms with Crippen molar-refractivity contribution >= 4 is 28.5 Å². The number of carboxylic acids is 1. The Bertz CT molecular complexity index is 655. The molecule has 0 spiro atoms. The highest BCUT2D eigenvalue weighted by atomic mass is 16.4. The molecule has 0 bridgehead atoms. The zero-order valence-electron chi connectivity index (χ0n) is 11.0. The van der Waals surface area contributed by atoms with Gasteiger partial charge in [0.25, 0.3) is 0 Å². The van der Waals surface area contributed by atoms with Crippen molar-refractivity contribution in [2.75, 3.05) is 5.32 Å². The molecule has 2 rings (SSSR count). The Kier molecular flexibility index (Phi) is 3.29. The van der Waals surface area contributed by atoms with Gasteiger partial charge in [-0.2, -0.15) is 0 Å². The first-order valence-corrected chi connectivity index (χ1v) is 5.98. The van der Waals surface area contributed by atoms with Crippen molar-refractivity contribution in [1.82, 2.24) is 0 Å². The molecule has 0 aliphatic heterocycles. The Hall–Kier alpha value is -2.30. The average Bonchev–Trinajstić information content (AvgIpc) is 2.68. The van der Waals surface area contributed by atoms with Gasteiger partial charge in [0.15, 0.2) is 0 Å². The number of aryl methyl sites for hydroxylation is 1. The van der Waals surface area contributed by atoms with E-state index in [2.05, 4.69) is 5.32 Å². The van der Waals surface area contributed by atoms with Crippen LogP contribution in [-0.2, 0) is 4.79 Å². The molecule has 2 aromatic rings. The van der Waals surface area contributed by atoms with Crippen molar-refractivity contribution in [1.29, 1.82) is 0 Å². The number of fused-ring (bicyclic) bond motifs is 1. The van der Waals surface area contributed by atoms with Gasteiger partial charge in [-0.25, -0.2) is 4.79 Å². The summed E-state index contributed by atoms with van der Waals surface area (Å²) in [6.45, 7) is 5.25. The van der Waals surface area contributed by atoms with Gasteiger partial charge in [0, 0.05) is 16.9 Å². The average molecular weight is 261 g/mol. The molecule has 0 saturated carbocycles. The summed E-state index contributed by atoms with van der Waals surface area (Å²) in [6, 6.07) is 5.13. The fourth-order valence-corrected chi connectivity index (χ4v) is 1.89. The molecule has 100 valence electrons. The molecule has 2 N–H and O–H groups in total. The van der Waals surface area contributed by atoms with Gasteiger partial charge in [0.05, 0.1) is 5.69 Å². The third-order valence-corrected chi connectivity index (χ3v) is 2.93. The monoisotopic (exact) mass is 261 g/mol. The SMILES string of the molecule is Cc1c(C(=O)O)oc2cccc(NC(=O)C(C)C)c12. The van der Waals surface area contributed by atoms with Crippen LogP contribution < -0.4 is 5.32 Å². The Morgan fingerprint density at radius 2 is 2.00 bits per heavy atom. The normalized spacial score (nSPS) is 10.9. The number of aromatic carboxylic acids is 1. The lowest BCUT2D eigenvalue weighted by atomic mass is 10.1. The molecule has 1 amide bonds. The van der Waals surface area contributed by atoms with Crippen LogP contribution in [0.1, 0.15) is 30.0 Å². The molecule has 5 nitrogen and oxygen atoms in total. The summed E-state index contributed by atoms with van der Waals surface area (Å²) in [5.41, 5.74) is 1.54. The van der Waals surface area contributed by atoms with E-state index in [9.17, 15) is 9.59 Å². The third-order valence-electron chi connectivity index (χ3n) is 2.93. The smallest absolute Gasteiger partial charge is 0.372 e. The van der Waals surface area contributed by atoms with Crippen LogP contribution in [0.15, 0.2) is 22.6 Å². The van der Waals surface area contributed by atoms with Gasteiger partial charge in [-0.15, -0.1) is 0 Å². The standard InChI is InChI=1S/C14H15NO4/c1-7(2)13(16)15-9-5-4-6-10-11(9)8(3)12(19-10)14(17)18/h4-7H,1-3H3,(H,15,16)(H,17,18). The Morgan fingerprint density at radius 1 is 1.32 bits per heavy atom. The number of carbonyl (C=O) groups is 2. The van der Waals surface area contributed by atoms with E-state index in [1.807, 2.05) is 0 Å². The lowest BCUT2D eigenvalue weighted by Gasteiger charge is -2.08. The van der Waals surface area contributed by atoms with Crippen LogP contribution in [0, 0.1) is 12.8 Å². The maximum absolute atomic E-state index is 11.7. The van der Waals surface area contributed by atoms with Crippen LogP contribution in [-0.4, -0.2) is 17.0 Å². The summed E-state index contributed by atoms with van der Waals surface area (Å²) in [5, 5.41) is 12.5. The van der Waals surface area contributed by atoms with Gasteiger partial charge in [-0.1, -0.05) is 19.9 Å². The molecule has 1 aromatic carbocycles. The predicted molar refractivity (Wildman–Crippen MR) is 71.4 cm³/mol. The van der Waals surface area contributed by atoms with Crippen molar-refractivity contribution < 1.29 is 19.1 Å². The summed E-state index contributed by atoms with van der Waals surface area (Å²) >= 11 is 0. The van der Waals surface area contributed by atoms with E-state index in [4.69, 9.17) is 9.52 Å². The van der Waals surface area contributed by atoms with Gasteiger partial charge < -0.3 is 14.8 Å². The second kappa shape index (κ2) is 4.76. The topological polar surface area (TPSA) is 79.5 Å². The Labute approximate surface area is 110 Å². The highest BCUT2D eigenvalue weighted by Crippen LogP contribution is 2.31. The molecule has 5 heteroatoms. The predicted octanol–water partition coefficient (Wildman–Crippen LogP) is 3.03. The van der Waals surface area contributed by atoms with E-state index >= 15 is 0 Å². The molecule has 19 heavy (non-hydrogen) atoms. The fourth-order valence-electron chi connectivity index (χ4n) is 1.89. The molecule has 1 aromatic heterocycles. The van der Waals surface area contributed by atoms with E-state index in [1.54, 1.807) is 39.0 Å². The number of amides is 1. The maximum Gasteiger partial charge on any atom is 0.372 e. The summed E-state index contributed by atoms with van der Waals surface area (Å²) in [7, 11) is 0. The summed E-state index contributed by atoms with van der Waals surface area (Å²) in [6.07, 6.45) is 0. The van der Waals surface area contributed by atoms with Crippen LogP contribution in [0.5, 0.6) is 0 Å². The fraction of sp³-hybridized carbons (Fsp3) is 0.286. The molecule has 0 aliphatic carbocycles. The molecule has 0 unspecified atom stereocenters. The van der Waals surface area contributed by atoms with Crippen molar-refractivity contribution in [3.63, 3.8) is 0 Å². The van der Waals surface area contributed by atoms with Gasteiger partial charge in [0.1, 0.15) is 5.58 Å². The van der Waals surface area contributed by atoms with Crippen LogP contribution in [0.25, 0.3) is 11.0 Å². The molecule has 0 fully saturated rings. The first-order chi connectivity index (χ1) is 8.91. The molecule has 0 atom stereocenters. The molecular formula is C14H15NO4. The second-order valence-electron chi connectivity index (χ2n) is 4.68. The number of benzene rings is 1. The number of hydrogen-bond donors (Lipinski definition) is 2. The first-order valence-electron chi connectivity index (χ1n) is 5.98. The second-order valence-corrected chi connectivity index (χ2v) is 4.68. The first kappa shape index (κ1) is 13.1. The molecule has 0 aliphatic rings. The molecular weight excluding hydrogens is 246 g/mol. The Balaban J connectivity index is 2.56. The van der Waals surface area contributed by atoms with Gasteiger partial charge in [0.2, 0.25) is 11.7 Å². The van der Waals surface area contributed by atoms with Crippen LogP contribution >= 0.6 is 0 Å². The minimum atomic E-state index is -1.12. The minimum absolute atomic E-state index is 0.0961. The largest absolute Gasteiger partial charge is 0.475 e. The molecule has 0 saturated heterocycles. The van der Waals surface area contributed by atoms with Gasteiger partial charge >= 0.3 is 5.97 Å². The number of nitrogens with one attached hydrogen (secondary N) is 1. The lowest BCUT2D eigenvalue weighted by Crippen LogP contribution is -2.17. The van der Waals surface area contributed by atoms with Crippen molar-refractivity contribution in [2.24, 2.45) is 5.92 Å². The maximum atomic E-state index is 11.7. The molecule has 0 radical (unpaired) electrons. The van der Waals surface area contributed by atoms with Gasteiger partial charge in [-0.3, -0.25) is 4.79 Å². The van der Waals surface area contributed by atoms with Crippen LogP contribution in [0.2, 0.25) is 0 Å². The number of hydrogen-bond acceptors (Lipinski definition) is 3. The minimum Gasteiger partial charge on any atom is -0.475 e. The highest BCUT2D eigenvalue weighted by molar-refractivity contribution is 6.05. The van der Waals surface area contributed by atoms with Gasteiger partial charge in [-0.05, 0) is 19.1 Å². The number of carbonyl (C=O) groups excluding carboxylic acids is 1. The third kappa shape index (κ3) is 2.31. The van der Waals surface area contributed by atoms with E-state index in [1.165, 1.54) is 0 Å². The molecule has 1 heterocycles. The van der Waals surface area contributed by atoms with Crippen LogP contribution in [0.3, 0.4) is 0 Å². The number of anilines is 1.